The Kier molecular flexibility index (Phi) is 4.47. The van der Waals surface area contributed by atoms with Crippen LogP contribution in [0.1, 0.15) is 17.6 Å². The maximum Gasteiger partial charge on any atom is 0.263 e. The van der Waals surface area contributed by atoms with E-state index in [2.05, 4.69) is 21.2 Å². The highest BCUT2D eigenvalue weighted by molar-refractivity contribution is 9.10. The molecular formula is C14H11BrF3N. The zero-order valence-electron chi connectivity index (χ0n) is 9.84. The van der Waals surface area contributed by atoms with E-state index >= 15 is 0 Å². The lowest BCUT2D eigenvalue weighted by atomic mass is 10.1. The van der Waals surface area contributed by atoms with Crippen LogP contribution in [0.3, 0.4) is 0 Å². The van der Waals surface area contributed by atoms with E-state index in [1.54, 1.807) is 24.3 Å². The number of rotatable bonds is 4. The Bertz CT molecular complexity index is 572. The van der Waals surface area contributed by atoms with Crippen molar-refractivity contribution in [1.29, 1.82) is 0 Å². The van der Waals surface area contributed by atoms with Crippen molar-refractivity contribution in [2.75, 3.05) is 5.32 Å². The lowest BCUT2D eigenvalue weighted by Crippen LogP contribution is -2.02. The Hall–Kier alpha value is -1.49. The Morgan fingerprint density at radius 3 is 2.63 bits per heavy atom. The van der Waals surface area contributed by atoms with Crippen molar-refractivity contribution in [3.8, 4) is 0 Å². The van der Waals surface area contributed by atoms with Gasteiger partial charge in [0.2, 0.25) is 0 Å². The molecule has 2 rings (SSSR count). The highest BCUT2D eigenvalue weighted by atomic mass is 79.9. The van der Waals surface area contributed by atoms with Gasteiger partial charge in [-0.15, -0.1) is 0 Å². The van der Waals surface area contributed by atoms with Gasteiger partial charge < -0.3 is 5.32 Å². The van der Waals surface area contributed by atoms with Gasteiger partial charge in [0.25, 0.3) is 6.43 Å². The SMILES string of the molecule is Fc1ccc(Br)cc1NCc1cccc(C(F)F)c1. The van der Waals surface area contributed by atoms with Gasteiger partial charge in [-0.3, -0.25) is 0 Å². The van der Waals surface area contributed by atoms with Crippen LogP contribution in [0.5, 0.6) is 0 Å². The highest BCUT2D eigenvalue weighted by Crippen LogP contribution is 2.22. The third-order valence-corrected chi connectivity index (χ3v) is 3.11. The first-order chi connectivity index (χ1) is 9.06. The van der Waals surface area contributed by atoms with E-state index in [1.165, 1.54) is 18.2 Å². The molecule has 0 bridgehead atoms. The van der Waals surface area contributed by atoms with Crippen LogP contribution in [0, 0.1) is 5.82 Å². The zero-order chi connectivity index (χ0) is 13.8. The van der Waals surface area contributed by atoms with Crippen molar-refractivity contribution >= 4 is 21.6 Å². The minimum atomic E-state index is -2.50. The summed E-state index contributed by atoms with van der Waals surface area (Å²) in [6, 6.07) is 10.6. The quantitative estimate of drug-likeness (QED) is 0.819. The molecule has 2 aromatic rings. The molecule has 19 heavy (non-hydrogen) atoms. The molecule has 5 heteroatoms. The fourth-order valence-corrected chi connectivity index (χ4v) is 2.03. The van der Waals surface area contributed by atoms with Crippen molar-refractivity contribution in [2.45, 2.75) is 13.0 Å². The van der Waals surface area contributed by atoms with Crippen LogP contribution < -0.4 is 5.32 Å². The predicted octanol–water partition coefficient (Wildman–Crippen LogP) is 5.14. The Morgan fingerprint density at radius 1 is 1.11 bits per heavy atom. The van der Waals surface area contributed by atoms with Gasteiger partial charge in [-0.25, -0.2) is 13.2 Å². The molecular weight excluding hydrogens is 319 g/mol. The molecule has 1 N–H and O–H groups in total. The van der Waals surface area contributed by atoms with Gasteiger partial charge in [0, 0.05) is 16.6 Å². The van der Waals surface area contributed by atoms with E-state index in [0.29, 0.717) is 11.3 Å². The maximum atomic E-state index is 13.5. The molecule has 0 aliphatic heterocycles. The summed E-state index contributed by atoms with van der Waals surface area (Å²) in [6.45, 7) is 0.286. The molecule has 0 radical (unpaired) electrons. The summed E-state index contributed by atoms with van der Waals surface area (Å²) in [5.41, 5.74) is 0.975. The van der Waals surface area contributed by atoms with Crippen LogP contribution in [-0.2, 0) is 6.54 Å². The summed E-state index contributed by atoms with van der Waals surface area (Å²) in [4.78, 5) is 0. The van der Waals surface area contributed by atoms with Gasteiger partial charge >= 0.3 is 0 Å². The number of halogens is 4. The zero-order valence-corrected chi connectivity index (χ0v) is 11.4. The third-order valence-electron chi connectivity index (χ3n) is 2.61. The minimum absolute atomic E-state index is 0.0333. The van der Waals surface area contributed by atoms with E-state index in [4.69, 9.17) is 0 Å². The molecule has 0 atom stereocenters. The van der Waals surface area contributed by atoms with Crippen molar-refractivity contribution in [3.63, 3.8) is 0 Å². The average Bonchev–Trinajstić information content (AvgIpc) is 2.40. The summed E-state index contributed by atoms with van der Waals surface area (Å²) >= 11 is 3.25. The first-order valence-corrected chi connectivity index (χ1v) is 6.41. The van der Waals surface area contributed by atoms with Crippen LogP contribution >= 0.6 is 15.9 Å². The maximum absolute atomic E-state index is 13.5. The number of benzene rings is 2. The first-order valence-electron chi connectivity index (χ1n) is 5.62. The highest BCUT2D eigenvalue weighted by Gasteiger charge is 2.07. The van der Waals surface area contributed by atoms with Crippen molar-refractivity contribution in [3.05, 3.63) is 63.9 Å². The number of hydrogen-bond donors (Lipinski definition) is 1. The largest absolute Gasteiger partial charge is 0.379 e. The number of hydrogen-bond acceptors (Lipinski definition) is 1. The second kappa shape index (κ2) is 6.10. The number of nitrogens with one attached hydrogen (secondary N) is 1. The van der Waals surface area contributed by atoms with Gasteiger partial charge in [0.05, 0.1) is 5.69 Å². The molecule has 0 saturated heterocycles. The van der Waals surface area contributed by atoms with E-state index in [1.807, 2.05) is 0 Å². The summed E-state index contributed by atoms with van der Waals surface area (Å²) in [5, 5.41) is 2.89. The van der Waals surface area contributed by atoms with Crippen molar-refractivity contribution in [2.24, 2.45) is 0 Å². The summed E-state index contributed by atoms with van der Waals surface area (Å²) < 4.78 is 39.3. The number of alkyl halides is 2. The molecule has 0 spiro atoms. The van der Waals surface area contributed by atoms with Gasteiger partial charge in [-0.1, -0.05) is 34.1 Å². The molecule has 0 unspecified atom stereocenters. The molecule has 0 saturated carbocycles. The van der Waals surface area contributed by atoms with Gasteiger partial charge in [0.15, 0.2) is 0 Å². The van der Waals surface area contributed by atoms with E-state index < -0.39 is 6.43 Å². The minimum Gasteiger partial charge on any atom is -0.379 e. The van der Waals surface area contributed by atoms with Crippen LogP contribution in [0.15, 0.2) is 46.9 Å². The first kappa shape index (κ1) is 13.9. The van der Waals surface area contributed by atoms with Crippen molar-refractivity contribution < 1.29 is 13.2 Å². The summed E-state index contributed by atoms with van der Waals surface area (Å²) in [7, 11) is 0. The Balaban J connectivity index is 2.10. The standard InChI is InChI=1S/C14H11BrF3N/c15-11-4-5-12(16)13(7-11)19-8-9-2-1-3-10(6-9)14(17)18/h1-7,14,19H,8H2. The summed E-state index contributed by atoms with van der Waals surface area (Å²) in [5.74, 6) is -0.381. The van der Waals surface area contributed by atoms with Crippen molar-refractivity contribution in [1.82, 2.24) is 0 Å². The fourth-order valence-electron chi connectivity index (χ4n) is 1.67. The van der Waals surface area contributed by atoms with Gasteiger partial charge in [0.1, 0.15) is 5.82 Å². The Morgan fingerprint density at radius 2 is 1.89 bits per heavy atom. The molecule has 0 amide bonds. The second-order valence-electron chi connectivity index (χ2n) is 4.02. The Labute approximate surface area is 117 Å². The lowest BCUT2D eigenvalue weighted by molar-refractivity contribution is 0.151. The van der Waals surface area contributed by atoms with E-state index in [0.717, 1.165) is 4.47 Å². The van der Waals surface area contributed by atoms with Crippen LogP contribution in [0.2, 0.25) is 0 Å². The van der Waals surface area contributed by atoms with Crippen LogP contribution in [0.4, 0.5) is 18.9 Å². The normalized spacial score (nSPS) is 10.8. The molecule has 100 valence electrons. The van der Waals surface area contributed by atoms with Crippen LogP contribution in [0.25, 0.3) is 0 Å². The molecule has 1 nitrogen and oxygen atoms in total. The van der Waals surface area contributed by atoms with Crippen LogP contribution in [-0.4, -0.2) is 0 Å². The van der Waals surface area contributed by atoms with E-state index in [-0.39, 0.29) is 17.9 Å². The van der Waals surface area contributed by atoms with Gasteiger partial charge in [-0.2, -0.15) is 0 Å². The molecule has 0 aliphatic rings. The van der Waals surface area contributed by atoms with E-state index in [9.17, 15) is 13.2 Å². The lowest BCUT2D eigenvalue weighted by Gasteiger charge is -2.09. The topological polar surface area (TPSA) is 12.0 Å². The molecule has 0 aromatic heterocycles. The monoisotopic (exact) mass is 329 g/mol. The second-order valence-corrected chi connectivity index (χ2v) is 4.94. The molecule has 0 aliphatic carbocycles. The predicted molar refractivity (Wildman–Crippen MR) is 72.8 cm³/mol. The molecule has 2 aromatic carbocycles. The average molecular weight is 330 g/mol. The number of anilines is 1. The fraction of sp³-hybridized carbons (Fsp3) is 0.143. The van der Waals surface area contributed by atoms with Gasteiger partial charge in [-0.05, 0) is 29.8 Å². The molecule has 0 fully saturated rings. The smallest absolute Gasteiger partial charge is 0.263 e. The third kappa shape index (κ3) is 3.73. The summed E-state index contributed by atoms with van der Waals surface area (Å²) in [6.07, 6.45) is -2.50. The molecule has 0 heterocycles.